The lowest BCUT2D eigenvalue weighted by Gasteiger charge is -2.15. The molecule has 4 nitrogen and oxygen atoms in total. The first-order valence-electron chi connectivity index (χ1n) is 8.90. The number of hydrogen-bond acceptors (Lipinski definition) is 3. The predicted molar refractivity (Wildman–Crippen MR) is 103 cm³/mol. The molecular formula is C21H18ClF3N2O2. The molecule has 152 valence electrons. The van der Waals surface area contributed by atoms with E-state index in [0.29, 0.717) is 27.8 Å². The van der Waals surface area contributed by atoms with Crippen LogP contribution in [-0.4, -0.2) is 10.9 Å². The van der Waals surface area contributed by atoms with Crippen LogP contribution >= 0.6 is 11.6 Å². The summed E-state index contributed by atoms with van der Waals surface area (Å²) in [6.07, 6.45) is -2.41. The van der Waals surface area contributed by atoms with Crippen molar-refractivity contribution in [1.29, 1.82) is 0 Å². The van der Waals surface area contributed by atoms with E-state index in [1.165, 1.54) is 12.1 Å². The molecule has 1 aromatic heterocycles. The lowest BCUT2D eigenvalue weighted by molar-refractivity contribution is -0.137. The highest BCUT2D eigenvalue weighted by atomic mass is 35.5. The minimum atomic E-state index is -4.39. The molecule has 0 aliphatic heterocycles. The van der Waals surface area contributed by atoms with Crippen molar-refractivity contribution in [2.24, 2.45) is 0 Å². The Labute approximate surface area is 170 Å². The van der Waals surface area contributed by atoms with E-state index in [-0.39, 0.29) is 18.7 Å². The van der Waals surface area contributed by atoms with Gasteiger partial charge < -0.3 is 9.73 Å². The topological polar surface area (TPSA) is 55.1 Å². The van der Waals surface area contributed by atoms with Crippen LogP contribution in [0.5, 0.6) is 0 Å². The third-order valence-electron chi connectivity index (χ3n) is 4.37. The Kier molecular flexibility index (Phi) is 6.27. The van der Waals surface area contributed by atoms with Gasteiger partial charge in [0.15, 0.2) is 11.7 Å². The summed E-state index contributed by atoms with van der Waals surface area (Å²) in [4.78, 5) is 16.3. The Morgan fingerprint density at radius 2 is 1.86 bits per heavy atom. The van der Waals surface area contributed by atoms with Crippen molar-refractivity contribution >= 4 is 17.5 Å². The summed E-state index contributed by atoms with van der Waals surface area (Å²) in [5, 5.41) is 3.30. The zero-order valence-corrected chi connectivity index (χ0v) is 16.2. The first-order chi connectivity index (χ1) is 13.7. The van der Waals surface area contributed by atoms with Crippen LogP contribution in [0.2, 0.25) is 5.02 Å². The van der Waals surface area contributed by atoms with E-state index in [4.69, 9.17) is 16.0 Å². The quantitative estimate of drug-likeness (QED) is 0.544. The van der Waals surface area contributed by atoms with Crippen molar-refractivity contribution in [2.75, 3.05) is 0 Å². The van der Waals surface area contributed by atoms with Gasteiger partial charge in [0, 0.05) is 18.4 Å². The molecule has 8 heteroatoms. The van der Waals surface area contributed by atoms with Gasteiger partial charge in [-0.2, -0.15) is 13.2 Å². The number of carbonyl (C=O) groups excluding carboxylic acids is 1. The number of benzene rings is 2. The number of carbonyl (C=O) groups is 1. The van der Waals surface area contributed by atoms with Crippen molar-refractivity contribution in [3.63, 3.8) is 0 Å². The maximum absolute atomic E-state index is 12.6. The van der Waals surface area contributed by atoms with Gasteiger partial charge in [-0.3, -0.25) is 4.79 Å². The van der Waals surface area contributed by atoms with Crippen LogP contribution in [0.1, 0.15) is 36.4 Å². The van der Waals surface area contributed by atoms with Crippen LogP contribution in [0.25, 0.3) is 11.3 Å². The van der Waals surface area contributed by atoms with E-state index >= 15 is 0 Å². The van der Waals surface area contributed by atoms with Gasteiger partial charge in [-0.05, 0) is 36.8 Å². The van der Waals surface area contributed by atoms with E-state index in [1.54, 1.807) is 19.2 Å². The largest absolute Gasteiger partial charge is 0.441 e. The maximum atomic E-state index is 12.6. The van der Waals surface area contributed by atoms with Gasteiger partial charge in [0.1, 0.15) is 0 Å². The second kappa shape index (κ2) is 8.69. The van der Waals surface area contributed by atoms with Crippen LogP contribution in [0, 0.1) is 0 Å². The summed E-state index contributed by atoms with van der Waals surface area (Å²) in [5.74, 6) is 0.663. The van der Waals surface area contributed by atoms with E-state index < -0.39 is 17.8 Å². The average Bonchev–Trinajstić information content (AvgIpc) is 3.15. The highest BCUT2D eigenvalue weighted by molar-refractivity contribution is 6.33. The predicted octanol–water partition coefficient (Wildman–Crippen LogP) is 5.82. The second-order valence-electron chi connectivity index (χ2n) is 6.51. The molecule has 3 rings (SSSR count). The molecule has 1 atom stereocenters. The van der Waals surface area contributed by atoms with E-state index in [2.05, 4.69) is 10.3 Å². The smallest absolute Gasteiger partial charge is 0.416 e. The summed E-state index contributed by atoms with van der Waals surface area (Å²) in [6.45, 7) is 1.71. The number of rotatable bonds is 6. The zero-order valence-electron chi connectivity index (χ0n) is 15.5. The summed E-state index contributed by atoms with van der Waals surface area (Å²) in [7, 11) is 0. The normalized spacial score (nSPS) is 12.6. The van der Waals surface area contributed by atoms with Gasteiger partial charge in [-0.15, -0.1) is 0 Å². The van der Waals surface area contributed by atoms with Crippen LogP contribution in [0.4, 0.5) is 13.2 Å². The first kappa shape index (κ1) is 20.9. The highest BCUT2D eigenvalue weighted by Crippen LogP contribution is 2.30. The van der Waals surface area contributed by atoms with Crippen LogP contribution in [0.15, 0.2) is 59.1 Å². The minimum absolute atomic E-state index is 0.132. The van der Waals surface area contributed by atoms with Crippen LogP contribution in [-0.2, 0) is 17.4 Å². The summed E-state index contributed by atoms with van der Waals surface area (Å²) in [5.41, 5.74) is 0.578. The fraction of sp³-hybridized carbons (Fsp3) is 0.238. The van der Waals surface area contributed by atoms with Crippen LogP contribution < -0.4 is 5.32 Å². The molecule has 1 heterocycles. The van der Waals surface area contributed by atoms with Gasteiger partial charge in [-0.25, -0.2) is 4.98 Å². The molecule has 1 amide bonds. The number of aryl methyl sites for hydroxylation is 1. The third-order valence-corrected chi connectivity index (χ3v) is 4.70. The lowest BCUT2D eigenvalue weighted by Crippen LogP contribution is -2.26. The Morgan fingerprint density at radius 1 is 1.17 bits per heavy atom. The average molecular weight is 423 g/mol. The molecule has 0 saturated heterocycles. The molecular weight excluding hydrogens is 405 g/mol. The van der Waals surface area contributed by atoms with Gasteiger partial charge in [-0.1, -0.05) is 35.9 Å². The number of nitrogens with one attached hydrogen (secondary N) is 1. The molecule has 0 radical (unpaired) electrons. The standard InChI is InChI=1S/C21H18ClF3N2O2/c1-13(14-6-8-15(9-7-14)21(23,24)25)27-19(28)10-11-20-26-12-18(29-20)16-4-2-3-5-17(16)22/h2-9,12-13H,10-11H2,1H3,(H,27,28)/t13-/m0/s1. The molecule has 29 heavy (non-hydrogen) atoms. The number of aromatic nitrogens is 1. The van der Waals surface area contributed by atoms with Crippen molar-refractivity contribution in [3.8, 4) is 11.3 Å². The molecule has 0 unspecified atom stereocenters. The summed E-state index contributed by atoms with van der Waals surface area (Å²) >= 11 is 6.13. The molecule has 0 saturated carbocycles. The Hall–Kier alpha value is -2.80. The molecule has 0 bridgehead atoms. The molecule has 3 aromatic rings. The number of halogens is 4. The lowest BCUT2D eigenvalue weighted by atomic mass is 10.1. The highest BCUT2D eigenvalue weighted by Gasteiger charge is 2.30. The van der Waals surface area contributed by atoms with Crippen molar-refractivity contribution in [1.82, 2.24) is 10.3 Å². The van der Waals surface area contributed by atoms with E-state index in [1.807, 2.05) is 18.2 Å². The Morgan fingerprint density at radius 3 is 2.52 bits per heavy atom. The van der Waals surface area contributed by atoms with Gasteiger partial charge in [0.05, 0.1) is 22.8 Å². The summed E-state index contributed by atoms with van der Waals surface area (Å²) < 4.78 is 43.6. The number of nitrogens with zero attached hydrogens (tertiary/aromatic N) is 1. The second-order valence-corrected chi connectivity index (χ2v) is 6.91. The number of hydrogen-bond donors (Lipinski definition) is 1. The van der Waals surface area contributed by atoms with Crippen LogP contribution in [0.3, 0.4) is 0 Å². The van der Waals surface area contributed by atoms with Crippen molar-refractivity contribution in [2.45, 2.75) is 32.0 Å². The number of amides is 1. The van der Waals surface area contributed by atoms with Gasteiger partial charge in [0.2, 0.25) is 5.91 Å². The maximum Gasteiger partial charge on any atom is 0.416 e. The van der Waals surface area contributed by atoms with Gasteiger partial charge >= 0.3 is 6.18 Å². The van der Waals surface area contributed by atoms with E-state index in [0.717, 1.165) is 12.1 Å². The van der Waals surface area contributed by atoms with Crippen molar-refractivity contribution < 1.29 is 22.4 Å². The third kappa shape index (κ3) is 5.38. The number of oxazole rings is 1. The number of alkyl halides is 3. The SMILES string of the molecule is C[C@H](NC(=O)CCc1ncc(-c2ccccc2Cl)o1)c1ccc(C(F)(F)F)cc1. The molecule has 0 aliphatic carbocycles. The van der Waals surface area contributed by atoms with Crippen molar-refractivity contribution in [3.05, 3.63) is 76.8 Å². The molecule has 1 N–H and O–H groups in total. The fourth-order valence-corrected chi connectivity index (χ4v) is 3.02. The first-order valence-corrected chi connectivity index (χ1v) is 9.28. The Balaban J connectivity index is 1.54. The molecule has 2 aromatic carbocycles. The zero-order chi connectivity index (χ0) is 21.0. The molecule has 0 fully saturated rings. The minimum Gasteiger partial charge on any atom is -0.441 e. The molecule has 0 spiro atoms. The Bertz CT molecular complexity index is 984. The monoisotopic (exact) mass is 422 g/mol. The summed E-state index contributed by atoms with van der Waals surface area (Å²) in [6, 6.07) is 11.5. The fourth-order valence-electron chi connectivity index (χ4n) is 2.79. The van der Waals surface area contributed by atoms with Gasteiger partial charge in [0.25, 0.3) is 0 Å². The molecule has 0 aliphatic rings. The van der Waals surface area contributed by atoms with E-state index in [9.17, 15) is 18.0 Å².